The van der Waals surface area contributed by atoms with Crippen LogP contribution in [0.3, 0.4) is 0 Å². The van der Waals surface area contributed by atoms with Gasteiger partial charge in [0.05, 0.1) is 22.4 Å². The molecule has 41 heavy (non-hydrogen) atoms. The van der Waals surface area contributed by atoms with E-state index in [4.69, 9.17) is 23.1 Å². The van der Waals surface area contributed by atoms with E-state index in [-0.39, 0.29) is 17.0 Å². The summed E-state index contributed by atoms with van der Waals surface area (Å²) in [4.78, 5) is 24.4. The maximum atomic E-state index is 15.1. The molecule has 2 aromatic heterocycles. The van der Waals surface area contributed by atoms with Crippen molar-refractivity contribution < 1.29 is 10.1 Å². The summed E-state index contributed by atoms with van der Waals surface area (Å²) in [6.45, 7) is 2.68. The number of quaternary nitrogens is 1. The number of hydrogen-bond acceptors (Lipinski definition) is 4. The Balaban J connectivity index is 1.35. The number of nitrogens with one attached hydrogen (secondary N) is 2. The molecule has 9 N–H and O–H groups in total. The van der Waals surface area contributed by atoms with Crippen LogP contribution in [0.5, 0.6) is 0 Å². The molecule has 1 aliphatic heterocycles. The Hall–Kier alpha value is -3.73. The van der Waals surface area contributed by atoms with Gasteiger partial charge in [-0.15, -0.1) is 0 Å². The van der Waals surface area contributed by atoms with Crippen LogP contribution in [0.15, 0.2) is 58.4 Å². The Kier molecular flexibility index (Phi) is 8.72. The number of aliphatic imine (C=N–C) groups is 1. The van der Waals surface area contributed by atoms with Crippen molar-refractivity contribution in [1.82, 2.24) is 19.9 Å². The second-order valence-electron chi connectivity index (χ2n) is 11.0. The van der Waals surface area contributed by atoms with Crippen LogP contribution in [-0.2, 0) is 6.42 Å². The minimum absolute atomic E-state index is 0.0725. The number of aryl methyl sites for hydroxylation is 1. The second-order valence-corrected chi connectivity index (χ2v) is 11.4. The lowest BCUT2D eigenvalue weighted by Crippen LogP contribution is -2.58. The number of halogens is 2. The minimum Gasteiger partial charge on any atom is -0.370 e. The second kappa shape index (κ2) is 12.4. The molecule has 11 heteroatoms. The van der Waals surface area contributed by atoms with Crippen molar-refractivity contribution in [3.8, 4) is 16.9 Å². The molecule has 4 aromatic rings. The average molecular weight is 580 g/mol. The molecule has 0 saturated carbocycles. The molecule has 0 bridgehead atoms. The van der Waals surface area contributed by atoms with Crippen LogP contribution >= 0.6 is 11.6 Å². The molecule has 3 unspecified atom stereocenters. The lowest BCUT2D eigenvalue weighted by atomic mass is 10.0. The van der Waals surface area contributed by atoms with Gasteiger partial charge >= 0.3 is 5.69 Å². The van der Waals surface area contributed by atoms with Gasteiger partial charge in [0, 0.05) is 35.8 Å². The van der Waals surface area contributed by atoms with Gasteiger partial charge in [-0.2, -0.15) is 4.98 Å². The number of fused-ring (bicyclic) bond motifs is 1. The fraction of sp³-hybridized carbons (Fsp3) is 0.367. The Labute approximate surface area is 243 Å². The van der Waals surface area contributed by atoms with E-state index in [1.807, 2.05) is 30.3 Å². The fourth-order valence-corrected chi connectivity index (χ4v) is 5.73. The first-order valence-corrected chi connectivity index (χ1v) is 14.4. The number of aromatic amines is 1. The van der Waals surface area contributed by atoms with Crippen molar-refractivity contribution >= 4 is 28.6 Å². The van der Waals surface area contributed by atoms with E-state index in [1.54, 1.807) is 18.3 Å². The monoisotopic (exact) mass is 579 g/mol. The summed E-state index contributed by atoms with van der Waals surface area (Å²) in [5.74, 6) is -0.386. The summed E-state index contributed by atoms with van der Waals surface area (Å²) in [7, 11) is 0. The third-order valence-electron chi connectivity index (χ3n) is 7.63. The zero-order valence-corrected chi connectivity index (χ0v) is 23.9. The standard InChI is InChI=1S/C30H36ClFN8O/c1-17(33)3-2-4-18-13-23(27(32)24(31)14-18)26-15-20-16-40(30(41)39-28(20)38-26)22-8-5-19(6-9-22)25-10-7-21(37-25)11-12-36-29(34)35/h5-6,8-9,13-17,21,25,37H,2-4,7,10-12,33H2,1H3,(H4,34,35,36)(H,38,39,41)/p+1. The molecule has 1 saturated heterocycles. The zero-order valence-electron chi connectivity index (χ0n) is 23.2. The van der Waals surface area contributed by atoms with Crippen molar-refractivity contribution in [2.24, 2.45) is 16.5 Å². The smallest absolute Gasteiger partial charge is 0.354 e. The van der Waals surface area contributed by atoms with Gasteiger partial charge in [0.2, 0.25) is 0 Å². The number of guanidine groups is 1. The van der Waals surface area contributed by atoms with E-state index < -0.39 is 11.5 Å². The predicted octanol–water partition coefficient (Wildman–Crippen LogP) is 3.58. The first kappa shape index (κ1) is 28.8. The van der Waals surface area contributed by atoms with Crippen LogP contribution in [0.2, 0.25) is 5.02 Å². The number of aromatic nitrogens is 3. The van der Waals surface area contributed by atoms with Crippen molar-refractivity contribution in [3.63, 3.8) is 0 Å². The summed E-state index contributed by atoms with van der Waals surface area (Å²) in [6, 6.07) is 14.1. The number of benzene rings is 2. The number of hydrogen-bond donors (Lipinski definition) is 5. The molecular weight excluding hydrogens is 543 g/mol. The highest BCUT2D eigenvalue weighted by atomic mass is 35.5. The maximum absolute atomic E-state index is 15.1. The van der Waals surface area contributed by atoms with E-state index in [0.29, 0.717) is 46.6 Å². The van der Waals surface area contributed by atoms with Gasteiger partial charge < -0.3 is 27.5 Å². The Morgan fingerprint density at radius 2 is 2.02 bits per heavy atom. The first-order chi connectivity index (χ1) is 19.7. The molecule has 2 aromatic carbocycles. The molecule has 0 radical (unpaired) electrons. The van der Waals surface area contributed by atoms with Crippen LogP contribution in [0, 0.1) is 5.82 Å². The Morgan fingerprint density at radius 3 is 2.76 bits per heavy atom. The van der Waals surface area contributed by atoms with Crippen LogP contribution in [-0.4, -0.2) is 39.1 Å². The van der Waals surface area contributed by atoms with Crippen LogP contribution < -0.4 is 28.2 Å². The molecule has 9 nitrogen and oxygen atoms in total. The van der Waals surface area contributed by atoms with Gasteiger partial charge in [0.15, 0.2) is 11.8 Å². The van der Waals surface area contributed by atoms with E-state index >= 15 is 4.39 Å². The highest BCUT2D eigenvalue weighted by Crippen LogP contribution is 2.32. The van der Waals surface area contributed by atoms with Crippen molar-refractivity contribution in [1.29, 1.82) is 0 Å². The highest BCUT2D eigenvalue weighted by Gasteiger charge is 2.24. The molecule has 0 amide bonds. The molecule has 5 rings (SSSR count). The SMILES string of the molecule is CC([NH3+])CCCc1cc(Cl)c(F)c(-c2cc3cn(-c4ccc(C5CCC(CCN=C(N)N)N5)cc4)c(=O)nc3[nH]2)c1. The van der Waals surface area contributed by atoms with Gasteiger partial charge in [-0.25, -0.2) is 9.18 Å². The summed E-state index contributed by atoms with van der Waals surface area (Å²) in [5, 5.41) is 4.41. The lowest BCUT2D eigenvalue weighted by Gasteiger charge is -2.15. The van der Waals surface area contributed by atoms with Crippen LogP contribution in [0.1, 0.15) is 56.2 Å². The first-order valence-electron chi connectivity index (χ1n) is 14.0. The molecule has 0 spiro atoms. The van der Waals surface area contributed by atoms with Gasteiger partial charge in [-0.05, 0) is 86.9 Å². The normalized spacial score (nSPS) is 17.7. The van der Waals surface area contributed by atoms with Crippen molar-refractivity contribution in [2.45, 2.75) is 63.6 Å². The van der Waals surface area contributed by atoms with E-state index in [1.165, 1.54) is 4.57 Å². The van der Waals surface area contributed by atoms with E-state index in [2.05, 4.69) is 32.9 Å². The quantitative estimate of drug-likeness (QED) is 0.143. The summed E-state index contributed by atoms with van der Waals surface area (Å²) in [5.41, 5.74) is 18.5. The molecule has 0 aliphatic carbocycles. The average Bonchev–Trinajstić information content (AvgIpc) is 3.57. The van der Waals surface area contributed by atoms with Crippen LogP contribution in [0.4, 0.5) is 4.39 Å². The summed E-state index contributed by atoms with van der Waals surface area (Å²) < 4.78 is 16.6. The number of nitrogens with zero attached hydrogens (tertiary/aromatic N) is 3. The zero-order chi connectivity index (χ0) is 29.1. The molecular formula is C30H37ClFN8O+. The molecule has 1 fully saturated rings. The fourth-order valence-electron chi connectivity index (χ4n) is 5.49. The Bertz CT molecular complexity index is 1610. The molecule has 216 valence electrons. The van der Waals surface area contributed by atoms with E-state index in [0.717, 1.165) is 49.7 Å². The van der Waals surface area contributed by atoms with Gasteiger partial charge in [-0.3, -0.25) is 9.56 Å². The summed E-state index contributed by atoms with van der Waals surface area (Å²) >= 11 is 6.25. The number of rotatable bonds is 10. The van der Waals surface area contributed by atoms with Gasteiger partial charge in [0.25, 0.3) is 0 Å². The predicted molar refractivity (Wildman–Crippen MR) is 162 cm³/mol. The summed E-state index contributed by atoms with van der Waals surface area (Å²) in [6.07, 6.45) is 7.37. The number of H-pyrrole nitrogens is 1. The molecule has 1 aliphatic rings. The maximum Gasteiger partial charge on any atom is 0.354 e. The number of nitrogens with two attached hydrogens (primary N) is 2. The largest absolute Gasteiger partial charge is 0.370 e. The van der Waals surface area contributed by atoms with Gasteiger partial charge in [0.1, 0.15) is 5.65 Å². The minimum atomic E-state index is -0.502. The lowest BCUT2D eigenvalue weighted by molar-refractivity contribution is -0.415. The van der Waals surface area contributed by atoms with E-state index in [9.17, 15) is 4.79 Å². The third kappa shape index (κ3) is 6.78. The van der Waals surface area contributed by atoms with Crippen LogP contribution in [0.25, 0.3) is 28.0 Å². The molecule has 3 heterocycles. The topological polar surface area (TPSA) is 155 Å². The van der Waals surface area contributed by atoms with Gasteiger partial charge in [-0.1, -0.05) is 23.7 Å². The van der Waals surface area contributed by atoms with Crippen molar-refractivity contribution in [2.75, 3.05) is 6.54 Å². The Morgan fingerprint density at radius 1 is 1.24 bits per heavy atom. The third-order valence-corrected chi connectivity index (χ3v) is 7.91. The van der Waals surface area contributed by atoms with Crippen molar-refractivity contribution in [3.05, 3.63) is 81.1 Å². The highest BCUT2D eigenvalue weighted by molar-refractivity contribution is 6.31. The molecule has 3 atom stereocenters.